The summed E-state index contributed by atoms with van der Waals surface area (Å²) < 4.78 is 5.51. The van der Waals surface area contributed by atoms with Crippen molar-refractivity contribution in [1.82, 2.24) is 19.9 Å². The third-order valence-electron chi connectivity index (χ3n) is 5.85. The lowest BCUT2D eigenvalue weighted by molar-refractivity contribution is -0.0305. The van der Waals surface area contributed by atoms with E-state index in [0.29, 0.717) is 17.9 Å². The first-order chi connectivity index (χ1) is 13.6. The maximum absolute atomic E-state index is 5.90. The molecule has 4 rings (SSSR count). The molecule has 150 valence electrons. The monoisotopic (exact) mass is 383 g/mol. The number of hydrogen-bond acceptors (Lipinski definition) is 8. The molecule has 1 aliphatic carbocycles. The van der Waals surface area contributed by atoms with E-state index in [1.165, 1.54) is 0 Å². The lowest BCUT2D eigenvalue weighted by Gasteiger charge is -2.47. The van der Waals surface area contributed by atoms with Gasteiger partial charge in [0.05, 0.1) is 13.2 Å². The zero-order chi connectivity index (χ0) is 19.4. The number of rotatable bonds is 5. The molecule has 0 radical (unpaired) electrons. The van der Waals surface area contributed by atoms with Crippen molar-refractivity contribution in [2.24, 2.45) is 0 Å². The van der Waals surface area contributed by atoms with Gasteiger partial charge in [-0.05, 0) is 44.7 Å². The van der Waals surface area contributed by atoms with Gasteiger partial charge in [-0.3, -0.25) is 4.90 Å². The van der Waals surface area contributed by atoms with Gasteiger partial charge in [0.15, 0.2) is 0 Å². The van der Waals surface area contributed by atoms with Gasteiger partial charge in [0.1, 0.15) is 0 Å². The van der Waals surface area contributed by atoms with E-state index in [4.69, 9.17) is 10.5 Å². The van der Waals surface area contributed by atoms with Crippen molar-refractivity contribution in [1.29, 1.82) is 0 Å². The Labute approximate surface area is 165 Å². The Morgan fingerprint density at radius 3 is 2.43 bits per heavy atom. The molecule has 2 aromatic rings. The van der Waals surface area contributed by atoms with Crippen LogP contribution < -0.4 is 16.4 Å². The van der Waals surface area contributed by atoms with Gasteiger partial charge in [-0.1, -0.05) is 18.2 Å². The summed E-state index contributed by atoms with van der Waals surface area (Å²) in [5.74, 6) is 1.20. The standard InChI is InChI=1S/C20H29N7O/c1-20(27-11-13-28-14-12-27)9-7-16(8-10-20)23-19-25-17(21)24-18(26-19)22-15-5-3-2-4-6-15/h2-6,16H,7-14H2,1H3,(H4,21,22,23,24,25,26). The van der Waals surface area contributed by atoms with Gasteiger partial charge in [0.2, 0.25) is 17.8 Å². The number of para-hydroxylation sites is 1. The van der Waals surface area contributed by atoms with E-state index in [1.807, 2.05) is 30.3 Å². The molecule has 4 N–H and O–H groups in total. The molecule has 28 heavy (non-hydrogen) atoms. The van der Waals surface area contributed by atoms with Crippen LogP contribution in [0.2, 0.25) is 0 Å². The summed E-state index contributed by atoms with van der Waals surface area (Å²) in [6.07, 6.45) is 4.47. The number of nitrogens with one attached hydrogen (secondary N) is 2. The first kappa shape index (κ1) is 18.9. The van der Waals surface area contributed by atoms with Gasteiger partial charge in [-0.15, -0.1) is 0 Å². The summed E-state index contributed by atoms with van der Waals surface area (Å²) in [7, 11) is 0. The molecule has 2 aliphatic rings. The van der Waals surface area contributed by atoms with Crippen LogP contribution in [0.5, 0.6) is 0 Å². The Morgan fingerprint density at radius 2 is 1.71 bits per heavy atom. The van der Waals surface area contributed by atoms with Crippen molar-refractivity contribution in [2.45, 2.75) is 44.2 Å². The zero-order valence-corrected chi connectivity index (χ0v) is 16.4. The van der Waals surface area contributed by atoms with E-state index in [9.17, 15) is 0 Å². The van der Waals surface area contributed by atoms with Gasteiger partial charge >= 0.3 is 0 Å². The first-order valence-electron chi connectivity index (χ1n) is 10.0. The fourth-order valence-corrected chi connectivity index (χ4v) is 4.15. The van der Waals surface area contributed by atoms with Crippen LogP contribution in [0.3, 0.4) is 0 Å². The minimum atomic E-state index is 0.213. The SMILES string of the molecule is CC1(N2CCOCC2)CCC(Nc2nc(N)nc(Nc3ccccc3)n2)CC1. The zero-order valence-electron chi connectivity index (χ0n) is 16.4. The highest BCUT2D eigenvalue weighted by Gasteiger charge is 2.37. The fourth-order valence-electron chi connectivity index (χ4n) is 4.15. The molecular weight excluding hydrogens is 354 g/mol. The molecule has 0 unspecified atom stereocenters. The number of hydrogen-bond donors (Lipinski definition) is 3. The molecule has 0 spiro atoms. The maximum Gasteiger partial charge on any atom is 0.233 e. The van der Waals surface area contributed by atoms with Crippen LogP contribution in [0.15, 0.2) is 30.3 Å². The van der Waals surface area contributed by atoms with Crippen molar-refractivity contribution >= 4 is 23.5 Å². The highest BCUT2D eigenvalue weighted by molar-refractivity contribution is 5.54. The van der Waals surface area contributed by atoms with E-state index >= 15 is 0 Å². The molecule has 0 bridgehead atoms. The Hall–Kier alpha value is -2.45. The average molecular weight is 384 g/mol. The average Bonchev–Trinajstić information content (AvgIpc) is 2.71. The smallest absolute Gasteiger partial charge is 0.233 e. The van der Waals surface area contributed by atoms with E-state index in [1.54, 1.807) is 0 Å². The van der Waals surface area contributed by atoms with Gasteiger partial charge < -0.3 is 21.1 Å². The largest absolute Gasteiger partial charge is 0.379 e. The molecule has 1 aromatic carbocycles. The predicted octanol–water partition coefficient (Wildman–Crippen LogP) is 2.64. The highest BCUT2D eigenvalue weighted by atomic mass is 16.5. The van der Waals surface area contributed by atoms with Gasteiger partial charge in [0.25, 0.3) is 0 Å². The summed E-state index contributed by atoms with van der Waals surface area (Å²) >= 11 is 0. The highest BCUT2D eigenvalue weighted by Crippen LogP contribution is 2.34. The van der Waals surface area contributed by atoms with E-state index in [2.05, 4.69) is 37.4 Å². The van der Waals surface area contributed by atoms with Gasteiger partial charge in [0, 0.05) is 30.4 Å². The summed E-state index contributed by atoms with van der Waals surface area (Å²) in [4.78, 5) is 15.6. The van der Waals surface area contributed by atoms with Crippen LogP contribution in [-0.4, -0.2) is 57.7 Å². The third-order valence-corrected chi connectivity index (χ3v) is 5.85. The van der Waals surface area contributed by atoms with Crippen LogP contribution in [0.4, 0.5) is 23.5 Å². The number of ether oxygens (including phenoxy) is 1. The van der Waals surface area contributed by atoms with Crippen molar-refractivity contribution in [3.8, 4) is 0 Å². The normalized spacial score (nSPS) is 26.0. The lowest BCUT2D eigenvalue weighted by atomic mass is 9.79. The Bertz CT molecular complexity index is 771. The van der Waals surface area contributed by atoms with Crippen molar-refractivity contribution in [3.05, 3.63) is 30.3 Å². The van der Waals surface area contributed by atoms with Crippen molar-refractivity contribution in [2.75, 3.05) is 42.7 Å². The number of anilines is 4. The molecule has 1 aliphatic heterocycles. The predicted molar refractivity (Wildman–Crippen MR) is 111 cm³/mol. The Balaban J connectivity index is 1.37. The van der Waals surface area contributed by atoms with Crippen LogP contribution in [0.1, 0.15) is 32.6 Å². The molecule has 2 heterocycles. The van der Waals surface area contributed by atoms with Crippen molar-refractivity contribution in [3.63, 3.8) is 0 Å². The summed E-state index contributed by atoms with van der Waals surface area (Å²) in [5, 5.41) is 6.64. The first-order valence-corrected chi connectivity index (χ1v) is 10.0. The van der Waals surface area contributed by atoms with E-state index in [-0.39, 0.29) is 11.5 Å². The Morgan fingerprint density at radius 1 is 1.04 bits per heavy atom. The van der Waals surface area contributed by atoms with Crippen LogP contribution >= 0.6 is 0 Å². The second-order valence-electron chi connectivity index (χ2n) is 7.85. The minimum Gasteiger partial charge on any atom is -0.379 e. The minimum absolute atomic E-state index is 0.213. The molecule has 2 fully saturated rings. The van der Waals surface area contributed by atoms with Crippen LogP contribution in [0, 0.1) is 0 Å². The second kappa shape index (κ2) is 8.28. The number of nitrogens with two attached hydrogens (primary N) is 1. The van der Waals surface area contributed by atoms with Gasteiger partial charge in [-0.2, -0.15) is 15.0 Å². The summed E-state index contributed by atoms with van der Waals surface area (Å²) in [5.41, 5.74) is 7.08. The van der Waals surface area contributed by atoms with Gasteiger partial charge in [-0.25, -0.2) is 0 Å². The lowest BCUT2D eigenvalue weighted by Crippen LogP contribution is -2.54. The van der Waals surface area contributed by atoms with E-state index < -0.39 is 0 Å². The summed E-state index contributed by atoms with van der Waals surface area (Å²) in [6.45, 7) is 6.15. The number of aromatic nitrogens is 3. The third kappa shape index (κ3) is 4.51. The number of nitrogen functional groups attached to an aromatic ring is 1. The number of morpholine rings is 1. The quantitative estimate of drug-likeness (QED) is 0.724. The van der Waals surface area contributed by atoms with E-state index in [0.717, 1.165) is 57.7 Å². The number of benzene rings is 1. The molecule has 8 heteroatoms. The molecular formula is C20H29N7O. The Kier molecular flexibility index (Phi) is 5.59. The second-order valence-corrected chi connectivity index (χ2v) is 7.85. The molecule has 0 atom stereocenters. The molecule has 1 aromatic heterocycles. The summed E-state index contributed by atoms with van der Waals surface area (Å²) in [6, 6.07) is 10.1. The fraction of sp³-hybridized carbons (Fsp3) is 0.550. The maximum atomic E-state index is 5.90. The van der Waals surface area contributed by atoms with Crippen LogP contribution in [0.25, 0.3) is 0 Å². The van der Waals surface area contributed by atoms with Crippen molar-refractivity contribution < 1.29 is 4.74 Å². The van der Waals surface area contributed by atoms with Crippen LogP contribution in [-0.2, 0) is 4.74 Å². The molecule has 1 saturated carbocycles. The number of nitrogens with zero attached hydrogens (tertiary/aromatic N) is 4. The molecule has 1 saturated heterocycles. The molecule has 0 amide bonds. The molecule has 8 nitrogen and oxygen atoms in total. The topological polar surface area (TPSA) is 101 Å².